The maximum absolute atomic E-state index is 6.30. The Bertz CT molecular complexity index is 479. The molecule has 2 N–H and O–H groups in total. The third-order valence-electron chi connectivity index (χ3n) is 2.74. The monoisotopic (exact) mass is 233 g/mol. The highest BCUT2D eigenvalue weighted by molar-refractivity contribution is 7.17. The number of rotatable bonds is 2. The molecule has 1 atom stereocenters. The molecule has 1 aromatic heterocycles. The molecule has 2 rings (SSSR count). The Kier molecular flexibility index (Phi) is 3.04. The minimum Gasteiger partial charge on any atom is -0.324 e. The Morgan fingerprint density at radius 2 is 1.94 bits per heavy atom. The Balaban J connectivity index is 2.33. The van der Waals surface area contributed by atoms with E-state index in [9.17, 15) is 0 Å². The number of fused-ring (bicyclic) bond motifs is 1. The fourth-order valence-electron chi connectivity index (χ4n) is 2.06. The van der Waals surface area contributed by atoms with Crippen molar-refractivity contribution < 1.29 is 0 Å². The van der Waals surface area contributed by atoms with E-state index >= 15 is 0 Å². The first-order chi connectivity index (χ1) is 7.47. The standard InChI is InChI=1S/C14H19NS/c1-14(2,3)8-12(15)11-9-16-13-7-5-4-6-10(11)13/h4-7,9,12H,8,15H2,1-3H3. The van der Waals surface area contributed by atoms with Crippen molar-refractivity contribution in [3.63, 3.8) is 0 Å². The molecule has 1 nitrogen and oxygen atoms in total. The van der Waals surface area contributed by atoms with Gasteiger partial charge in [-0.3, -0.25) is 0 Å². The fourth-order valence-corrected chi connectivity index (χ4v) is 3.08. The van der Waals surface area contributed by atoms with Crippen LogP contribution in [0.3, 0.4) is 0 Å². The normalized spacial score (nSPS) is 14.2. The van der Waals surface area contributed by atoms with Gasteiger partial charge in [-0.2, -0.15) is 0 Å². The summed E-state index contributed by atoms with van der Waals surface area (Å²) >= 11 is 1.79. The molecule has 2 aromatic rings. The predicted octanol–water partition coefficient (Wildman–Crippen LogP) is 4.34. The number of hydrogen-bond acceptors (Lipinski definition) is 2. The lowest BCUT2D eigenvalue weighted by atomic mass is 9.86. The van der Waals surface area contributed by atoms with Gasteiger partial charge >= 0.3 is 0 Å². The quantitative estimate of drug-likeness (QED) is 0.820. The van der Waals surface area contributed by atoms with Crippen LogP contribution >= 0.6 is 11.3 Å². The first-order valence-electron chi connectivity index (χ1n) is 5.69. The zero-order chi connectivity index (χ0) is 11.8. The molecule has 2 heteroatoms. The Labute approximate surface area is 101 Å². The van der Waals surface area contributed by atoms with E-state index in [2.05, 4.69) is 50.4 Å². The van der Waals surface area contributed by atoms with Gasteiger partial charge in [-0.25, -0.2) is 0 Å². The lowest BCUT2D eigenvalue weighted by molar-refractivity contribution is 0.344. The number of thiophene rings is 1. The summed E-state index contributed by atoms with van der Waals surface area (Å²) in [6, 6.07) is 8.65. The lowest BCUT2D eigenvalue weighted by Gasteiger charge is -2.23. The average Bonchev–Trinajstić information content (AvgIpc) is 2.58. The number of benzene rings is 1. The van der Waals surface area contributed by atoms with Crippen LogP contribution in [0.25, 0.3) is 10.1 Å². The van der Waals surface area contributed by atoms with Gasteiger partial charge in [0.2, 0.25) is 0 Å². The third-order valence-corrected chi connectivity index (χ3v) is 3.72. The molecule has 0 bridgehead atoms. The molecule has 16 heavy (non-hydrogen) atoms. The van der Waals surface area contributed by atoms with Gasteiger partial charge in [0, 0.05) is 10.7 Å². The first-order valence-corrected chi connectivity index (χ1v) is 6.57. The van der Waals surface area contributed by atoms with E-state index in [4.69, 9.17) is 5.73 Å². The molecule has 0 saturated heterocycles. The molecule has 0 fully saturated rings. The summed E-state index contributed by atoms with van der Waals surface area (Å²) in [4.78, 5) is 0. The smallest absolute Gasteiger partial charge is 0.0346 e. The van der Waals surface area contributed by atoms with Crippen molar-refractivity contribution in [2.24, 2.45) is 11.1 Å². The van der Waals surface area contributed by atoms with Crippen LogP contribution in [0.5, 0.6) is 0 Å². The molecule has 0 aliphatic carbocycles. The molecule has 1 aromatic carbocycles. The van der Waals surface area contributed by atoms with Crippen LogP contribution in [-0.2, 0) is 0 Å². The maximum Gasteiger partial charge on any atom is 0.0346 e. The minimum absolute atomic E-state index is 0.149. The highest BCUT2D eigenvalue weighted by Crippen LogP contribution is 2.34. The van der Waals surface area contributed by atoms with Crippen molar-refractivity contribution in [1.82, 2.24) is 0 Å². The molecule has 86 valence electrons. The molecule has 0 saturated carbocycles. The van der Waals surface area contributed by atoms with E-state index in [-0.39, 0.29) is 11.5 Å². The van der Waals surface area contributed by atoms with E-state index in [0.29, 0.717) is 0 Å². The van der Waals surface area contributed by atoms with Crippen LogP contribution in [-0.4, -0.2) is 0 Å². The van der Waals surface area contributed by atoms with Crippen LogP contribution in [0.4, 0.5) is 0 Å². The van der Waals surface area contributed by atoms with Crippen LogP contribution in [0.15, 0.2) is 29.6 Å². The van der Waals surface area contributed by atoms with Crippen molar-refractivity contribution in [3.8, 4) is 0 Å². The zero-order valence-corrected chi connectivity index (χ0v) is 11.0. The Morgan fingerprint density at radius 1 is 1.25 bits per heavy atom. The summed E-state index contributed by atoms with van der Waals surface area (Å²) in [5, 5.41) is 3.53. The minimum atomic E-state index is 0.149. The second-order valence-corrected chi connectivity index (χ2v) is 6.47. The van der Waals surface area contributed by atoms with Gasteiger partial charge in [0.1, 0.15) is 0 Å². The van der Waals surface area contributed by atoms with Gasteiger partial charge in [0.25, 0.3) is 0 Å². The topological polar surface area (TPSA) is 26.0 Å². The van der Waals surface area contributed by atoms with Crippen molar-refractivity contribution in [1.29, 1.82) is 0 Å². The summed E-state index contributed by atoms with van der Waals surface area (Å²) < 4.78 is 1.34. The van der Waals surface area contributed by atoms with Crippen molar-refractivity contribution in [2.75, 3.05) is 0 Å². The molecule has 1 heterocycles. The predicted molar refractivity (Wildman–Crippen MR) is 72.8 cm³/mol. The highest BCUT2D eigenvalue weighted by Gasteiger charge is 2.19. The third kappa shape index (κ3) is 2.45. The zero-order valence-electron chi connectivity index (χ0n) is 10.2. The van der Waals surface area contributed by atoms with Gasteiger partial charge < -0.3 is 5.73 Å². The second-order valence-electron chi connectivity index (χ2n) is 5.56. The van der Waals surface area contributed by atoms with E-state index in [1.807, 2.05) is 0 Å². The molecule has 0 aliphatic rings. The van der Waals surface area contributed by atoms with Crippen LogP contribution in [0.2, 0.25) is 0 Å². The molecule has 0 amide bonds. The summed E-state index contributed by atoms with van der Waals surface area (Å²) in [5.41, 5.74) is 7.88. The maximum atomic E-state index is 6.30. The summed E-state index contributed by atoms with van der Waals surface area (Å²) in [7, 11) is 0. The lowest BCUT2D eigenvalue weighted by Crippen LogP contribution is -2.18. The van der Waals surface area contributed by atoms with Gasteiger partial charge in [0.15, 0.2) is 0 Å². The van der Waals surface area contributed by atoms with Crippen molar-refractivity contribution in [3.05, 3.63) is 35.2 Å². The van der Waals surface area contributed by atoms with Crippen LogP contribution in [0.1, 0.15) is 38.8 Å². The van der Waals surface area contributed by atoms with Gasteiger partial charge in [-0.1, -0.05) is 39.0 Å². The van der Waals surface area contributed by atoms with Crippen molar-refractivity contribution >= 4 is 21.4 Å². The molecular weight excluding hydrogens is 214 g/mol. The summed E-state index contributed by atoms with van der Waals surface area (Å²) in [5.74, 6) is 0. The second kappa shape index (κ2) is 4.19. The van der Waals surface area contributed by atoms with E-state index in [0.717, 1.165) is 6.42 Å². The first kappa shape index (κ1) is 11.6. The molecule has 0 aliphatic heterocycles. The van der Waals surface area contributed by atoms with Crippen molar-refractivity contribution in [2.45, 2.75) is 33.2 Å². The van der Waals surface area contributed by atoms with E-state index < -0.39 is 0 Å². The molecule has 1 unspecified atom stereocenters. The summed E-state index contributed by atoms with van der Waals surface area (Å²) in [6.45, 7) is 6.71. The van der Waals surface area contributed by atoms with Gasteiger partial charge in [-0.05, 0) is 34.2 Å². The number of hydrogen-bond donors (Lipinski definition) is 1. The van der Waals surface area contributed by atoms with Crippen LogP contribution in [0, 0.1) is 5.41 Å². The number of nitrogens with two attached hydrogens (primary N) is 1. The molecule has 0 spiro atoms. The summed E-state index contributed by atoms with van der Waals surface area (Å²) in [6.07, 6.45) is 1.02. The highest BCUT2D eigenvalue weighted by atomic mass is 32.1. The van der Waals surface area contributed by atoms with E-state index in [1.165, 1.54) is 15.6 Å². The van der Waals surface area contributed by atoms with Gasteiger partial charge in [0.05, 0.1) is 0 Å². The fraction of sp³-hybridized carbons (Fsp3) is 0.429. The molecule has 0 radical (unpaired) electrons. The Morgan fingerprint density at radius 3 is 2.62 bits per heavy atom. The largest absolute Gasteiger partial charge is 0.324 e. The Hall–Kier alpha value is -0.860. The average molecular weight is 233 g/mol. The SMILES string of the molecule is CC(C)(C)CC(N)c1csc2ccccc12. The molecular formula is C14H19NS. The van der Waals surface area contributed by atoms with Crippen LogP contribution < -0.4 is 5.73 Å². The van der Waals surface area contributed by atoms with Gasteiger partial charge in [-0.15, -0.1) is 11.3 Å². The van der Waals surface area contributed by atoms with E-state index in [1.54, 1.807) is 11.3 Å².